The molecule has 0 heterocycles. The Balaban J connectivity index is 3.09. The minimum absolute atomic E-state index is 1.19. The van der Waals surface area contributed by atoms with E-state index in [0.29, 0.717) is 0 Å². The number of allylic oxidation sites excluding steroid dienone is 1. The molecule has 0 rings (SSSR count). The van der Waals surface area contributed by atoms with Crippen molar-refractivity contribution in [2.24, 2.45) is 0 Å². The first kappa shape index (κ1) is 9.74. The van der Waals surface area contributed by atoms with E-state index < -0.39 is 0 Å². The lowest BCUT2D eigenvalue weighted by molar-refractivity contribution is 0.776. The van der Waals surface area contributed by atoms with Gasteiger partial charge in [-0.15, -0.1) is 0 Å². The highest BCUT2D eigenvalue weighted by Gasteiger charge is 1.92. The van der Waals surface area contributed by atoms with Gasteiger partial charge in [0.2, 0.25) is 0 Å². The van der Waals surface area contributed by atoms with Gasteiger partial charge in [-0.3, -0.25) is 0 Å². The van der Waals surface area contributed by atoms with Crippen LogP contribution < -0.4 is 0 Å². The average Bonchev–Trinajstić information content (AvgIpc) is 1.97. The fourth-order valence-electron chi connectivity index (χ4n) is 0.854. The normalized spacial score (nSPS) is 9.80. The van der Waals surface area contributed by atoms with Crippen LogP contribution in [0.3, 0.4) is 0 Å². The molecule has 10 heavy (non-hydrogen) atoms. The van der Waals surface area contributed by atoms with Crippen molar-refractivity contribution in [3.8, 4) is 0 Å². The molecule has 0 nitrogen and oxygen atoms in total. The Morgan fingerprint density at radius 2 is 2.00 bits per heavy atom. The summed E-state index contributed by atoms with van der Waals surface area (Å²) in [5.41, 5.74) is 1.32. The molecule has 0 saturated heterocycles. The van der Waals surface area contributed by atoms with Crippen molar-refractivity contribution in [1.29, 1.82) is 0 Å². The standard InChI is InChI=1S/C10H19/c1-4-6-8-10(3)9-7-5-2/h8H,3-7,9H2,1-2H3. The van der Waals surface area contributed by atoms with Crippen molar-refractivity contribution in [2.75, 3.05) is 0 Å². The van der Waals surface area contributed by atoms with Crippen molar-refractivity contribution in [3.63, 3.8) is 0 Å². The molecule has 0 aromatic heterocycles. The van der Waals surface area contributed by atoms with Crippen molar-refractivity contribution in [2.45, 2.75) is 46.0 Å². The lowest BCUT2D eigenvalue weighted by atomic mass is 10.1. The second-order valence-electron chi connectivity index (χ2n) is 2.75. The zero-order chi connectivity index (χ0) is 7.82. The van der Waals surface area contributed by atoms with Crippen LogP contribution in [0, 0.1) is 6.42 Å². The van der Waals surface area contributed by atoms with Crippen LogP contribution in [0.2, 0.25) is 0 Å². The summed E-state index contributed by atoms with van der Waals surface area (Å²) >= 11 is 0. The first-order chi connectivity index (χ1) is 4.81. The van der Waals surface area contributed by atoms with Gasteiger partial charge in [0.15, 0.2) is 0 Å². The largest absolute Gasteiger partial charge is 0.0996 e. The average molecular weight is 139 g/mol. The molecule has 0 fully saturated rings. The number of rotatable bonds is 6. The Morgan fingerprint density at radius 3 is 2.50 bits per heavy atom. The van der Waals surface area contributed by atoms with Crippen LogP contribution >= 0.6 is 0 Å². The molecule has 0 aliphatic heterocycles. The predicted octanol–water partition coefficient (Wildman–Crippen LogP) is 3.74. The molecule has 0 aliphatic rings. The molecule has 0 amide bonds. The summed E-state index contributed by atoms with van der Waals surface area (Å²) in [5, 5.41) is 0. The van der Waals surface area contributed by atoms with Gasteiger partial charge in [0.05, 0.1) is 0 Å². The minimum atomic E-state index is 1.19. The molecule has 0 heteroatoms. The summed E-state index contributed by atoms with van der Waals surface area (Å²) in [6.07, 6.45) is 8.46. The summed E-state index contributed by atoms with van der Waals surface area (Å²) in [6, 6.07) is 0. The molecule has 0 saturated carbocycles. The highest BCUT2D eigenvalue weighted by atomic mass is 14.0. The van der Waals surface area contributed by atoms with Crippen molar-refractivity contribution < 1.29 is 0 Å². The van der Waals surface area contributed by atoms with Gasteiger partial charge in [-0.25, -0.2) is 0 Å². The van der Waals surface area contributed by atoms with E-state index in [-0.39, 0.29) is 0 Å². The molecular weight excluding hydrogens is 120 g/mol. The Labute approximate surface area is 65.3 Å². The smallest absolute Gasteiger partial charge is 0.0140 e. The molecule has 0 bridgehead atoms. The lowest BCUT2D eigenvalue weighted by Crippen LogP contribution is -1.82. The zero-order valence-corrected chi connectivity index (χ0v) is 7.32. The fourth-order valence-corrected chi connectivity index (χ4v) is 0.854. The molecule has 59 valence electrons. The van der Waals surface area contributed by atoms with E-state index >= 15 is 0 Å². The van der Waals surface area contributed by atoms with E-state index in [1.807, 2.05) is 0 Å². The van der Waals surface area contributed by atoms with E-state index in [0.717, 1.165) is 0 Å². The Morgan fingerprint density at radius 1 is 1.30 bits per heavy atom. The topological polar surface area (TPSA) is 0 Å². The number of hydrogen-bond donors (Lipinski definition) is 0. The first-order valence-electron chi connectivity index (χ1n) is 4.32. The van der Waals surface area contributed by atoms with E-state index in [1.54, 1.807) is 0 Å². The van der Waals surface area contributed by atoms with Crippen LogP contribution in [0.15, 0.2) is 12.2 Å². The number of hydrogen-bond acceptors (Lipinski definition) is 0. The highest BCUT2D eigenvalue weighted by molar-refractivity contribution is 5.06. The van der Waals surface area contributed by atoms with Crippen LogP contribution in [0.4, 0.5) is 0 Å². The molecule has 0 aliphatic carbocycles. The Hall–Kier alpha value is -0.260. The summed E-state index contributed by atoms with van der Waals surface area (Å²) in [4.78, 5) is 0. The monoisotopic (exact) mass is 139 g/mol. The molecular formula is C10H19. The van der Waals surface area contributed by atoms with Gasteiger partial charge >= 0.3 is 0 Å². The van der Waals surface area contributed by atoms with Gasteiger partial charge in [0, 0.05) is 0 Å². The summed E-state index contributed by atoms with van der Waals surface area (Å²) < 4.78 is 0. The maximum Gasteiger partial charge on any atom is -0.0140 e. The quantitative estimate of drug-likeness (QED) is 0.526. The molecule has 0 spiro atoms. The molecule has 0 unspecified atom stereocenters. The van der Waals surface area contributed by atoms with Crippen LogP contribution in [-0.4, -0.2) is 0 Å². The molecule has 0 aromatic carbocycles. The Kier molecular flexibility index (Phi) is 6.68. The molecule has 0 aromatic rings. The highest BCUT2D eigenvalue weighted by Crippen LogP contribution is 2.10. The first-order valence-corrected chi connectivity index (χ1v) is 4.32. The Bertz CT molecular complexity index is 72.0. The molecule has 0 N–H and O–H groups in total. The maximum absolute atomic E-state index is 3.97. The third-order valence-electron chi connectivity index (χ3n) is 1.57. The van der Waals surface area contributed by atoms with E-state index in [1.165, 1.54) is 37.7 Å². The van der Waals surface area contributed by atoms with Gasteiger partial charge in [-0.05, 0) is 25.7 Å². The van der Waals surface area contributed by atoms with E-state index in [2.05, 4.69) is 26.8 Å². The zero-order valence-electron chi connectivity index (χ0n) is 7.32. The van der Waals surface area contributed by atoms with Crippen LogP contribution in [0.5, 0.6) is 0 Å². The molecule has 0 atom stereocenters. The third kappa shape index (κ3) is 5.87. The van der Waals surface area contributed by atoms with Crippen molar-refractivity contribution >= 4 is 0 Å². The van der Waals surface area contributed by atoms with Crippen molar-refractivity contribution in [1.82, 2.24) is 0 Å². The van der Waals surface area contributed by atoms with Crippen molar-refractivity contribution in [3.05, 3.63) is 18.6 Å². The summed E-state index contributed by atoms with van der Waals surface area (Å²) in [7, 11) is 0. The van der Waals surface area contributed by atoms with Crippen LogP contribution in [0.1, 0.15) is 46.0 Å². The van der Waals surface area contributed by atoms with E-state index in [4.69, 9.17) is 0 Å². The predicted molar refractivity (Wildman–Crippen MR) is 47.9 cm³/mol. The third-order valence-corrected chi connectivity index (χ3v) is 1.57. The van der Waals surface area contributed by atoms with Crippen LogP contribution in [-0.2, 0) is 0 Å². The summed E-state index contributed by atoms with van der Waals surface area (Å²) in [5.74, 6) is 0. The fraction of sp³-hybridized carbons (Fsp3) is 0.700. The van der Waals surface area contributed by atoms with Gasteiger partial charge < -0.3 is 0 Å². The molecule has 1 radical (unpaired) electrons. The van der Waals surface area contributed by atoms with Crippen LogP contribution in [0.25, 0.3) is 0 Å². The SMILES string of the molecule is C=C([CH]CCC)CCCC. The van der Waals surface area contributed by atoms with Gasteiger partial charge in [-0.2, -0.15) is 0 Å². The second-order valence-corrected chi connectivity index (χ2v) is 2.75. The maximum atomic E-state index is 3.97. The summed E-state index contributed by atoms with van der Waals surface area (Å²) in [6.45, 7) is 8.39. The van der Waals surface area contributed by atoms with Gasteiger partial charge in [0.1, 0.15) is 0 Å². The van der Waals surface area contributed by atoms with E-state index in [9.17, 15) is 0 Å². The van der Waals surface area contributed by atoms with Gasteiger partial charge in [-0.1, -0.05) is 38.8 Å². The number of unbranched alkanes of at least 4 members (excludes halogenated alkanes) is 2. The van der Waals surface area contributed by atoms with Gasteiger partial charge in [0.25, 0.3) is 0 Å². The minimum Gasteiger partial charge on any atom is -0.0996 e. The second kappa shape index (κ2) is 6.85. The lowest BCUT2D eigenvalue weighted by Gasteiger charge is -2.01.